The van der Waals surface area contributed by atoms with E-state index in [2.05, 4.69) is 127 Å². The van der Waals surface area contributed by atoms with Crippen molar-refractivity contribution in [3.8, 4) is 0 Å². The van der Waals surface area contributed by atoms with Crippen LogP contribution in [-0.4, -0.2) is 0 Å². The molecule has 6 rings (SSSR count). The fraction of sp³-hybridized carbons (Fsp3) is 0. The summed E-state index contributed by atoms with van der Waals surface area (Å²) in [4.78, 5) is 0. The largest absolute Gasteiger partial charge is 3.00 e. The molecule has 1 radical (unpaired) electrons. The van der Waals surface area contributed by atoms with E-state index in [1.54, 1.807) is 0 Å². The minimum Gasteiger partial charge on any atom is -0.168 e. The zero-order valence-corrected chi connectivity index (χ0v) is 18.1. The first-order valence-corrected chi connectivity index (χ1v) is 9.21. The van der Waals surface area contributed by atoms with Gasteiger partial charge in [-0.15, -0.1) is 89.0 Å². The summed E-state index contributed by atoms with van der Waals surface area (Å²) in [7, 11) is 0. The topological polar surface area (TPSA) is 0 Å². The standard InChI is InChI=1S/3C9H7.Zr/c3*1-2-5-9-7-3-6-8(9)4-1;/h3*1-7H;/q3*-1;+3. The van der Waals surface area contributed by atoms with E-state index in [1.165, 1.54) is 32.3 Å². The molecule has 0 saturated carbocycles. The van der Waals surface area contributed by atoms with E-state index >= 15 is 0 Å². The van der Waals surface area contributed by atoms with Crippen LogP contribution in [0.25, 0.3) is 32.3 Å². The van der Waals surface area contributed by atoms with Crippen LogP contribution in [-0.2, 0) is 26.2 Å². The van der Waals surface area contributed by atoms with Crippen molar-refractivity contribution < 1.29 is 26.2 Å². The van der Waals surface area contributed by atoms with Crippen molar-refractivity contribution >= 4 is 32.3 Å². The quantitative estimate of drug-likeness (QED) is 0.214. The fourth-order valence-corrected chi connectivity index (χ4v) is 3.21. The van der Waals surface area contributed by atoms with Crippen LogP contribution < -0.4 is 0 Å². The molecule has 6 aromatic carbocycles. The molecule has 1 heteroatoms. The van der Waals surface area contributed by atoms with Crippen molar-refractivity contribution in [1.82, 2.24) is 0 Å². The Morgan fingerprint density at radius 1 is 0.357 bits per heavy atom. The van der Waals surface area contributed by atoms with E-state index < -0.39 is 0 Å². The maximum atomic E-state index is 2.12. The van der Waals surface area contributed by atoms with Crippen molar-refractivity contribution in [3.05, 3.63) is 127 Å². The normalized spacial score (nSPS) is 9.86. The van der Waals surface area contributed by atoms with Crippen LogP contribution in [0.1, 0.15) is 0 Å². The molecule has 0 aliphatic carbocycles. The van der Waals surface area contributed by atoms with Gasteiger partial charge in [0.15, 0.2) is 0 Å². The van der Waals surface area contributed by atoms with Crippen LogP contribution in [0.3, 0.4) is 0 Å². The Morgan fingerprint density at radius 3 is 0.929 bits per heavy atom. The zero-order chi connectivity index (χ0) is 18.3. The van der Waals surface area contributed by atoms with Gasteiger partial charge in [0.25, 0.3) is 0 Å². The number of benzene rings is 3. The van der Waals surface area contributed by atoms with Crippen molar-refractivity contribution in [2.45, 2.75) is 0 Å². The molecule has 0 N–H and O–H groups in total. The third-order valence-corrected chi connectivity index (χ3v) is 4.64. The Balaban J connectivity index is 0.000000118. The summed E-state index contributed by atoms with van der Waals surface area (Å²) in [6.45, 7) is 0. The van der Waals surface area contributed by atoms with Gasteiger partial charge in [-0.2, -0.15) is 52.6 Å². The first-order valence-electron chi connectivity index (χ1n) is 9.21. The molecular weight excluding hydrogens is 416 g/mol. The molecule has 0 amide bonds. The minimum atomic E-state index is 0. The molecule has 0 aromatic heterocycles. The zero-order valence-electron chi connectivity index (χ0n) is 15.6. The summed E-state index contributed by atoms with van der Waals surface area (Å²) in [5, 5.41) is 7.99. The van der Waals surface area contributed by atoms with E-state index in [4.69, 9.17) is 0 Å². The maximum Gasteiger partial charge on any atom is 3.00 e. The third kappa shape index (κ3) is 5.00. The van der Waals surface area contributed by atoms with E-state index in [0.717, 1.165) is 0 Å². The minimum absolute atomic E-state index is 0. The van der Waals surface area contributed by atoms with Gasteiger partial charge in [-0.25, -0.2) is 0 Å². The van der Waals surface area contributed by atoms with Crippen molar-refractivity contribution in [2.75, 3.05) is 0 Å². The Kier molecular flexibility index (Phi) is 7.23. The predicted octanol–water partition coefficient (Wildman–Crippen LogP) is 7.67. The van der Waals surface area contributed by atoms with Crippen molar-refractivity contribution in [2.24, 2.45) is 0 Å². The molecule has 0 unspecified atom stereocenters. The molecule has 0 atom stereocenters. The summed E-state index contributed by atoms with van der Waals surface area (Å²) < 4.78 is 0. The van der Waals surface area contributed by atoms with Gasteiger partial charge in [-0.05, 0) is 0 Å². The molecule has 28 heavy (non-hydrogen) atoms. The van der Waals surface area contributed by atoms with Crippen LogP contribution in [0.2, 0.25) is 0 Å². The van der Waals surface area contributed by atoms with Crippen LogP contribution in [0, 0.1) is 0 Å². The average Bonchev–Trinajstić information content (AvgIpc) is 3.48. The molecule has 0 spiro atoms. The first-order chi connectivity index (χ1) is 13.4. The first kappa shape index (κ1) is 20.1. The van der Waals surface area contributed by atoms with Gasteiger partial charge in [0.2, 0.25) is 0 Å². The second kappa shape index (κ2) is 10.1. The summed E-state index contributed by atoms with van der Waals surface area (Å²) >= 11 is 0. The Bertz CT molecular complexity index is 985. The van der Waals surface area contributed by atoms with Gasteiger partial charge in [-0.3, -0.25) is 0 Å². The molecule has 0 aliphatic heterocycles. The van der Waals surface area contributed by atoms with Gasteiger partial charge in [0, 0.05) is 0 Å². The molecule has 0 heterocycles. The molecule has 0 nitrogen and oxygen atoms in total. The molecule has 0 aliphatic rings. The van der Waals surface area contributed by atoms with Gasteiger partial charge in [0.1, 0.15) is 0 Å². The molecule has 6 aromatic rings. The van der Waals surface area contributed by atoms with Crippen molar-refractivity contribution in [1.29, 1.82) is 0 Å². The van der Waals surface area contributed by atoms with Gasteiger partial charge >= 0.3 is 26.2 Å². The van der Waals surface area contributed by atoms with Crippen LogP contribution >= 0.6 is 0 Å². The Hall–Kier alpha value is -2.63. The molecule has 0 bridgehead atoms. The van der Waals surface area contributed by atoms with Gasteiger partial charge < -0.3 is 0 Å². The van der Waals surface area contributed by atoms with E-state index in [9.17, 15) is 0 Å². The maximum absolute atomic E-state index is 2.12. The van der Waals surface area contributed by atoms with Crippen LogP contribution in [0.15, 0.2) is 127 Å². The second-order valence-corrected chi connectivity index (χ2v) is 6.46. The van der Waals surface area contributed by atoms with E-state index in [0.29, 0.717) is 0 Å². The number of hydrogen-bond acceptors (Lipinski definition) is 0. The van der Waals surface area contributed by atoms with Crippen molar-refractivity contribution in [3.63, 3.8) is 0 Å². The number of hydrogen-bond donors (Lipinski definition) is 0. The molecular formula is C27H21Zr. The SMILES string of the molecule is [Zr+3].c1ccc2[cH-]ccc2c1.c1ccc2[cH-]ccc2c1.c1ccc2[cH-]ccc2c1. The Morgan fingerprint density at radius 2 is 0.643 bits per heavy atom. The third-order valence-electron chi connectivity index (χ3n) is 4.64. The summed E-state index contributed by atoms with van der Waals surface area (Å²) in [6, 6.07) is 44.0. The second-order valence-electron chi connectivity index (χ2n) is 6.46. The number of fused-ring (bicyclic) bond motifs is 3. The van der Waals surface area contributed by atoms with Crippen LogP contribution in [0.4, 0.5) is 0 Å². The summed E-state index contributed by atoms with van der Waals surface area (Å²) in [5.41, 5.74) is 0. The molecule has 0 fully saturated rings. The van der Waals surface area contributed by atoms with Gasteiger partial charge in [0.05, 0.1) is 0 Å². The predicted molar refractivity (Wildman–Crippen MR) is 119 cm³/mol. The average molecular weight is 437 g/mol. The summed E-state index contributed by atoms with van der Waals surface area (Å²) in [5.74, 6) is 0. The van der Waals surface area contributed by atoms with E-state index in [1.807, 2.05) is 0 Å². The monoisotopic (exact) mass is 435 g/mol. The molecule has 0 saturated heterocycles. The summed E-state index contributed by atoms with van der Waals surface area (Å²) in [6.07, 6.45) is 0. The van der Waals surface area contributed by atoms with Crippen LogP contribution in [0.5, 0.6) is 0 Å². The molecule has 133 valence electrons. The van der Waals surface area contributed by atoms with Gasteiger partial charge in [-0.1, -0.05) is 18.2 Å². The Labute approximate surface area is 185 Å². The fourth-order valence-electron chi connectivity index (χ4n) is 3.21. The van der Waals surface area contributed by atoms with E-state index in [-0.39, 0.29) is 26.2 Å². The smallest absolute Gasteiger partial charge is 0.168 e. The number of rotatable bonds is 0.